The summed E-state index contributed by atoms with van der Waals surface area (Å²) in [4.78, 5) is 12.7. The van der Waals surface area contributed by atoms with Gasteiger partial charge in [-0.25, -0.2) is 13.1 Å². The van der Waals surface area contributed by atoms with Crippen molar-refractivity contribution in [3.8, 4) is 0 Å². The first-order valence-corrected chi connectivity index (χ1v) is 8.13. The second kappa shape index (κ2) is 5.88. The molecule has 1 aliphatic rings. The molecule has 122 valence electrons. The Labute approximate surface area is 126 Å². The van der Waals surface area contributed by atoms with Crippen molar-refractivity contribution >= 4 is 15.9 Å². The summed E-state index contributed by atoms with van der Waals surface area (Å²) in [6.07, 6.45) is -4.60. The summed E-state index contributed by atoms with van der Waals surface area (Å²) in [6, 6.07) is 3.93. The number of carbonyl (C=O) groups excluding carboxylic acids is 1. The molecule has 22 heavy (non-hydrogen) atoms. The minimum atomic E-state index is -4.62. The van der Waals surface area contributed by atoms with E-state index in [-0.39, 0.29) is 24.4 Å². The van der Waals surface area contributed by atoms with Gasteiger partial charge in [0.25, 0.3) is 0 Å². The zero-order valence-corrected chi connectivity index (χ0v) is 12.5. The van der Waals surface area contributed by atoms with Crippen LogP contribution in [0.4, 0.5) is 13.2 Å². The van der Waals surface area contributed by atoms with Gasteiger partial charge in [-0.1, -0.05) is 18.2 Å². The molecule has 9 heteroatoms. The van der Waals surface area contributed by atoms with Crippen LogP contribution < -0.4 is 4.72 Å². The molecule has 0 saturated carbocycles. The third kappa shape index (κ3) is 3.98. The summed E-state index contributed by atoms with van der Waals surface area (Å²) in [6.45, 7) is 0.207. The third-order valence-corrected chi connectivity index (χ3v) is 4.74. The van der Waals surface area contributed by atoms with Crippen molar-refractivity contribution in [2.45, 2.75) is 24.4 Å². The number of halogens is 3. The van der Waals surface area contributed by atoms with Crippen molar-refractivity contribution in [1.29, 1.82) is 0 Å². The Balaban J connectivity index is 2.15. The van der Waals surface area contributed by atoms with Crippen molar-refractivity contribution in [1.82, 2.24) is 9.62 Å². The van der Waals surface area contributed by atoms with Crippen molar-refractivity contribution in [2.75, 3.05) is 13.6 Å². The predicted octanol–water partition coefficient (Wildman–Crippen LogP) is 1.36. The number of nitrogens with one attached hydrogen (secondary N) is 1. The molecule has 1 aromatic carbocycles. The molecule has 1 amide bonds. The molecular weight excluding hydrogens is 321 g/mol. The highest BCUT2D eigenvalue weighted by molar-refractivity contribution is 7.88. The number of alkyl halides is 3. The summed E-state index contributed by atoms with van der Waals surface area (Å²) in [5.41, 5.74) is -1.29. The van der Waals surface area contributed by atoms with Gasteiger partial charge in [0.1, 0.15) is 0 Å². The van der Waals surface area contributed by atoms with Gasteiger partial charge in [0.15, 0.2) is 0 Å². The zero-order valence-electron chi connectivity index (χ0n) is 11.7. The highest BCUT2D eigenvalue weighted by Gasteiger charge is 2.35. The highest BCUT2D eigenvalue weighted by Crippen LogP contribution is 2.32. The van der Waals surface area contributed by atoms with Crippen LogP contribution in [0.3, 0.4) is 0 Å². The molecule has 0 spiro atoms. The summed E-state index contributed by atoms with van der Waals surface area (Å²) in [7, 11) is -2.44. The smallest absolute Gasteiger partial charge is 0.344 e. The van der Waals surface area contributed by atoms with Crippen molar-refractivity contribution < 1.29 is 26.4 Å². The van der Waals surface area contributed by atoms with E-state index in [4.69, 9.17) is 0 Å². The lowest BCUT2D eigenvalue weighted by Gasteiger charge is -2.15. The maximum absolute atomic E-state index is 12.9. The first-order valence-electron chi connectivity index (χ1n) is 6.47. The molecule has 0 radical (unpaired) electrons. The van der Waals surface area contributed by atoms with E-state index in [0.717, 1.165) is 12.1 Å². The molecule has 0 aliphatic carbocycles. The topological polar surface area (TPSA) is 66.5 Å². The largest absolute Gasteiger partial charge is 0.416 e. The maximum Gasteiger partial charge on any atom is 0.416 e. The Morgan fingerprint density at radius 3 is 2.50 bits per heavy atom. The molecular formula is C13H15F3N2O3S. The van der Waals surface area contributed by atoms with E-state index in [1.807, 2.05) is 0 Å². The van der Waals surface area contributed by atoms with Gasteiger partial charge < -0.3 is 4.90 Å². The number of hydrogen-bond donors (Lipinski definition) is 1. The molecule has 1 saturated heterocycles. The molecule has 5 nitrogen and oxygen atoms in total. The summed E-state index contributed by atoms with van der Waals surface area (Å²) < 4.78 is 65.0. The second-order valence-electron chi connectivity index (χ2n) is 5.21. The van der Waals surface area contributed by atoms with Crippen LogP contribution in [0.15, 0.2) is 24.3 Å². The number of carbonyl (C=O) groups is 1. The van der Waals surface area contributed by atoms with E-state index in [9.17, 15) is 26.4 Å². The lowest BCUT2D eigenvalue weighted by atomic mass is 10.1. The van der Waals surface area contributed by atoms with Crippen LogP contribution in [-0.4, -0.2) is 38.9 Å². The van der Waals surface area contributed by atoms with E-state index in [1.165, 1.54) is 24.1 Å². The molecule has 1 aliphatic heterocycles. The first kappa shape index (κ1) is 16.8. The van der Waals surface area contributed by atoms with Gasteiger partial charge >= 0.3 is 6.18 Å². The Morgan fingerprint density at radius 1 is 1.32 bits per heavy atom. The SMILES string of the molecule is CN1C[C@@H](NS(=O)(=O)Cc2ccccc2C(F)(F)F)CC1=O. The fraction of sp³-hybridized carbons (Fsp3) is 0.462. The lowest BCUT2D eigenvalue weighted by Crippen LogP contribution is -2.37. The van der Waals surface area contributed by atoms with Gasteiger partial charge in [-0.2, -0.15) is 13.2 Å². The molecule has 0 bridgehead atoms. The summed E-state index contributed by atoms with van der Waals surface area (Å²) in [5.74, 6) is -0.986. The third-order valence-electron chi connectivity index (χ3n) is 3.36. The number of rotatable bonds is 4. The molecule has 1 atom stereocenters. The van der Waals surface area contributed by atoms with E-state index in [0.29, 0.717) is 0 Å². The van der Waals surface area contributed by atoms with Gasteiger partial charge in [0.2, 0.25) is 15.9 Å². The molecule has 1 heterocycles. The second-order valence-corrected chi connectivity index (χ2v) is 6.96. The van der Waals surface area contributed by atoms with Gasteiger partial charge in [0, 0.05) is 26.1 Å². The first-order chi connectivity index (χ1) is 10.1. The molecule has 1 fully saturated rings. The van der Waals surface area contributed by atoms with Crippen LogP contribution in [0.2, 0.25) is 0 Å². The van der Waals surface area contributed by atoms with Crippen molar-refractivity contribution in [2.24, 2.45) is 0 Å². The molecule has 0 unspecified atom stereocenters. The van der Waals surface area contributed by atoms with Gasteiger partial charge in [-0.3, -0.25) is 4.79 Å². The average Bonchev–Trinajstić information content (AvgIpc) is 2.65. The van der Waals surface area contributed by atoms with Crippen LogP contribution >= 0.6 is 0 Å². The zero-order chi connectivity index (χ0) is 16.5. The summed E-state index contributed by atoms with van der Waals surface area (Å²) in [5, 5.41) is 0. The molecule has 0 aromatic heterocycles. The molecule has 1 aromatic rings. The van der Waals surface area contributed by atoms with Crippen molar-refractivity contribution in [3.05, 3.63) is 35.4 Å². The van der Waals surface area contributed by atoms with Gasteiger partial charge in [0.05, 0.1) is 11.3 Å². The Bertz CT molecular complexity index is 673. The lowest BCUT2D eigenvalue weighted by molar-refractivity contribution is -0.138. The normalized spacial score (nSPS) is 19.7. The Morgan fingerprint density at radius 2 is 1.95 bits per heavy atom. The van der Waals surface area contributed by atoms with Crippen LogP contribution in [0.25, 0.3) is 0 Å². The molecule has 2 rings (SSSR count). The Hall–Kier alpha value is -1.61. The minimum absolute atomic E-state index is 0.0106. The number of amides is 1. The number of likely N-dealkylation sites (N-methyl/N-ethyl adjacent to an activating group) is 1. The average molecular weight is 336 g/mol. The van der Waals surface area contributed by atoms with Crippen LogP contribution in [0.1, 0.15) is 17.5 Å². The van der Waals surface area contributed by atoms with Gasteiger partial charge in [-0.15, -0.1) is 0 Å². The van der Waals surface area contributed by atoms with E-state index in [2.05, 4.69) is 4.72 Å². The number of benzene rings is 1. The maximum atomic E-state index is 12.9. The van der Waals surface area contributed by atoms with E-state index in [1.54, 1.807) is 0 Å². The fourth-order valence-electron chi connectivity index (χ4n) is 2.37. The highest BCUT2D eigenvalue weighted by atomic mass is 32.2. The summed E-state index contributed by atoms with van der Waals surface area (Å²) >= 11 is 0. The number of sulfonamides is 1. The Kier molecular flexibility index (Phi) is 4.48. The molecule has 1 N–H and O–H groups in total. The fourth-order valence-corrected chi connectivity index (χ4v) is 3.78. The van der Waals surface area contributed by atoms with Crippen LogP contribution in [0, 0.1) is 0 Å². The predicted molar refractivity (Wildman–Crippen MR) is 73.2 cm³/mol. The quantitative estimate of drug-likeness (QED) is 0.903. The number of likely N-dealkylation sites (tertiary alicyclic amines) is 1. The minimum Gasteiger partial charge on any atom is -0.344 e. The monoisotopic (exact) mass is 336 g/mol. The number of hydrogen-bond acceptors (Lipinski definition) is 3. The van der Waals surface area contributed by atoms with Crippen LogP contribution in [-0.2, 0) is 26.7 Å². The van der Waals surface area contributed by atoms with Gasteiger partial charge in [-0.05, 0) is 11.6 Å². The van der Waals surface area contributed by atoms with Crippen LogP contribution in [0.5, 0.6) is 0 Å². The number of nitrogens with zero attached hydrogens (tertiary/aromatic N) is 1. The van der Waals surface area contributed by atoms with E-state index < -0.39 is 33.6 Å². The van der Waals surface area contributed by atoms with E-state index >= 15 is 0 Å². The van der Waals surface area contributed by atoms with Crippen molar-refractivity contribution in [3.63, 3.8) is 0 Å². The standard InChI is InChI=1S/C13H15F3N2O3S/c1-18-7-10(6-12(18)19)17-22(20,21)8-9-4-2-3-5-11(9)13(14,15)16/h2-5,10,17H,6-8H2,1H3/t10-/m0/s1.